The summed E-state index contributed by atoms with van der Waals surface area (Å²) in [5, 5.41) is 9.60. The molecule has 0 aromatic heterocycles. The Morgan fingerprint density at radius 2 is 1.70 bits per heavy atom. The lowest BCUT2D eigenvalue weighted by molar-refractivity contribution is 0.125. The molecule has 0 saturated heterocycles. The maximum Gasteiger partial charge on any atom is 0.0574 e. The van der Waals surface area contributed by atoms with E-state index in [4.69, 9.17) is 0 Å². The van der Waals surface area contributed by atoms with Crippen LogP contribution in [-0.4, -0.2) is 11.2 Å². The largest absolute Gasteiger partial charge is 0.393 e. The molecular formula is C9H14O. The maximum absolute atomic E-state index is 9.60. The first-order valence-corrected chi connectivity index (χ1v) is 4.52. The predicted octanol–water partition coefficient (Wildman–Crippen LogP) is 1.41. The highest BCUT2D eigenvalue weighted by Gasteiger charge is 2.53. The lowest BCUT2D eigenvalue weighted by Crippen LogP contribution is -2.15. The average molecular weight is 138 g/mol. The molecule has 1 heteroatoms. The Labute approximate surface area is 61.4 Å². The SMILES string of the molecule is OC1CC2CC3CC1C2C3. The molecule has 0 radical (unpaired) electrons. The Balaban J connectivity index is 1.98. The molecule has 0 heterocycles. The van der Waals surface area contributed by atoms with Gasteiger partial charge >= 0.3 is 0 Å². The summed E-state index contributed by atoms with van der Waals surface area (Å²) in [5.74, 6) is 3.61. The monoisotopic (exact) mass is 138 g/mol. The fourth-order valence-corrected chi connectivity index (χ4v) is 3.75. The van der Waals surface area contributed by atoms with E-state index in [0.29, 0.717) is 0 Å². The number of aliphatic hydroxyl groups excluding tert-OH is 1. The van der Waals surface area contributed by atoms with Gasteiger partial charge in [0, 0.05) is 0 Å². The van der Waals surface area contributed by atoms with Crippen molar-refractivity contribution in [1.82, 2.24) is 0 Å². The number of aliphatic hydroxyl groups is 1. The van der Waals surface area contributed by atoms with Gasteiger partial charge in [0.2, 0.25) is 0 Å². The Kier molecular flexibility index (Phi) is 0.883. The van der Waals surface area contributed by atoms with Crippen LogP contribution in [0.2, 0.25) is 0 Å². The molecule has 56 valence electrons. The highest BCUT2D eigenvalue weighted by Crippen LogP contribution is 2.59. The van der Waals surface area contributed by atoms with Crippen LogP contribution >= 0.6 is 0 Å². The number of fused-ring (bicyclic) bond motifs is 1. The van der Waals surface area contributed by atoms with Crippen molar-refractivity contribution in [2.24, 2.45) is 23.7 Å². The van der Waals surface area contributed by atoms with Gasteiger partial charge in [0.1, 0.15) is 0 Å². The van der Waals surface area contributed by atoms with E-state index in [1.54, 1.807) is 0 Å². The topological polar surface area (TPSA) is 20.2 Å². The first kappa shape index (κ1) is 5.59. The molecule has 0 aromatic carbocycles. The van der Waals surface area contributed by atoms with Crippen molar-refractivity contribution in [2.75, 3.05) is 0 Å². The molecule has 5 atom stereocenters. The summed E-state index contributed by atoms with van der Waals surface area (Å²) < 4.78 is 0. The first-order chi connectivity index (χ1) is 4.84. The molecule has 1 N–H and O–H groups in total. The maximum atomic E-state index is 9.60. The van der Waals surface area contributed by atoms with Gasteiger partial charge in [0.05, 0.1) is 6.10 Å². The van der Waals surface area contributed by atoms with Crippen LogP contribution in [0.25, 0.3) is 0 Å². The molecule has 10 heavy (non-hydrogen) atoms. The van der Waals surface area contributed by atoms with E-state index in [1.165, 1.54) is 19.3 Å². The van der Waals surface area contributed by atoms with E-state index in [-0.39, 0.29) is 6.10 Å². The van der Waals surface area contributed by atoms with Gasteiger partial charge in [-0.05, 0) is 49.4 Å². The molecule has 5 unspecified atom stereocenters. The predicted molar refractivity (Wildman–Crippen MR) is 38.4 cm³/mol. The van der Waals surface area contributed by atoms with Gasteiger partial charge in [-0.15, -0.1) is 0 Å². The van der Waals surface area contributed by atoms with Crippen LogP contribution in [0.1, 0.15) is 25.7 Å². The van der Waals surface area contributed by atoms with Crippen molar-refractivity contribution in [3.8, 4) is 0 Å². The zero-order valence-corrected chi connectivity index (χ0v) is 6.16. The van der Waals surface area contributed by atoms with Crippen molar-refractivity contribution < 1.29 is 5.11 Å². The van der Waals surface area contributed by atoms with Crippen molar-refractivity contribution in [2.45, 2.75) is 31.8 Å². The van der Waals surface area contributed by atoms with Gasteiger partial charge < -0.3 is 5.11 Å². The minimum absolute atomic E-state index is 0.0856. The highest BCUT2D eigenvalue weighted by atomic mass is 16.3. The van der Waals surface area contributed by atoms with Crippen LogP contribution in [-0.2, 0) is 0 Å². The van der Waals surface area contributed by atoms with Crippen LogP contribution in [0.15, 0.2) is 0 Å². The van der Waals surface area contributed by atoms with E-state index >= 15 is 0 Å². The fourth-order valence-electron chi connectivity index (χ4n) is 3.75. The van der Waals surface area contributed by atoms with Crippen molar-refractivity contribution >= 4 is 0 Å². The molecule has 0 spiro atoms. The molecule has 0 aliphatic heterocycles. The lowest BCUT2D eigenvalue weighted by atomic mass is 9.89. The Bertz CT molecular complexity index is 164. The summed E-state index contributed by atoms with van der Waals surface area (Å²) in [6, 6.07) is 0. The number of rotatable bonds is 0. The number of hydrogen-bond donors (Lipinski definition) is 1. The van der Waals surface area contributed by atoms with Crippen molar-refractivity contribution in [3.63, 3.8) is 0 Å². The summed E-state index contributed by atoms with van der Waals surface area (Å²) in [7, 11) is 0. The minimum Gasteiger partial charge on any atom is -0.393 e. The molecule has 0 aromatic rings. The minimum atomic E-state index is 0.0856. The molecule has 3 aliphatic rings. The van der Waals surface area contributed by atoms with Gasteiger partial charge in [0.15, 0.2) is 0 Å². The second-order valence-electron chi connectivity index (χ2n) is 4.46. The number of hydrogen-bond acceptors (Lipinski definition) is 1. The van der Waals surface area contributed by atoms with Gasteiger partial charge in [-0.25, -0.2) is 0 Å². The summed E-state index contributed by atoms with van der Waals surface area (Å²) >= 11 is 0. The Hall–Kier alpha value is -0.0400. The van der Waals surface area contributed by atoms with E-state index in [1.807, 2.05) is 0 Å². The summed E-state index contributed by atoms with van der Waals surface area (Å²) in [6.45, 7) is 0. The molecular weight excluding hydrogens is 124 g/mol. The summed E-state index contributed by atoms with van der Waals surface area (Å²) in [4.78, 5) is 0. The van der Waals surface area contributed by atoms with Gasteiger partial charge in [-0.2, -0.15) is 0 Å². The second kappa shape index (κ2) is 1.58. The van der Waals surface area contributed by atoms with Gasteiger partial charge in [0.25, 0.3) is 0 Å². The van der Waals surface area contributed by atoms with Crippen LogP contribution in [0.5, 0.6) is 0 Å². The zero-order valence-electron chi connectivity index (χ0n) is 6.16. The van der Waals surface area contributed by atoms with Gasteiger partial charge in [-0.1, -0.05) is 0 Å². The van der Waals surface area contributed by atoms with E-state index in [0.717, 1.165) is 30.1 Å². The molecule has 3 rings (SSSR count). The Morgan fingerprint density at radius 1 is 0.900 bits per heavy atom. The van der Waals surface area contributed by atoms with Crippen LogP contribution in [0, 0.1) is 23.7 Å². The first-order valence-electron chi connectivity index (χ1n) is 4.52. The van der Waals surface area contributed by atoms with E-state index < -0.39 is 0 Å². The van der Waals surface area contributed by atoms with E-state index in [9.17, 15) is 5.11 Å². The smallest absolute Gasteiger partial charge is 0.0574 e. The lowest BCUT2D eigenvalue weighted by Gasteiger charge is -2.17. The molecule has 3 fully saturated rings. The average Bonchev–Trinajstić information content (AvgIpc) is 2.44. The summed E-state index contributed by atoms with van der Waals surface area (Å²) in [5.41, 5.74) is 0. The molecule has 1 nitrogen and oxygen atoms in total. The molecule has 2 bridgehead atoms. The zero-order chi connectivity index (χ0) is 6.72. The quantitative estimate of drug-likeness (QED) is 0.536. The van der Waals surface area contributed by atoms with Crippen LogP contribution in [0.4, 0.5) is 0 Å². The van der Waals surface area contributed by atoms with Crippen LogP contribution < -0.4 is 0 Å². The van der Waals surface area contributed by atoms with Crippen LogP contribution in [0.3, 0.4) is 0 Å². The van der Waals surface area contributed by atoms with Crippen molar-refractivity contribution in [1.29, 1.82) is 0 Å². The van der Waals surface area contributed by atoms with Gasteiger partial charge in [-0.3, -0.25) is 0 Å². The Morgan fingerprint density at radius 3 is 2.30 bits per heavy atom. The second-order valence-corrected chi connectivity index (χ2v) is 4.46. The van der Waals surface area contributed by atoms with E-state index in [2.05, 4.69) is 0 Å². The molecule has 3 aliphatic carbocycles. The summed E-state index contributed by atoms with van der Waals surface area (Å²) in [6.07, 6.45) is 5.46. The third kappa shape index (κ3) is 0.493. The normalized spacial score (nSPS) is 63.9. The molecule has 3 saturated carbocycles. The third-order valence-corrected chi connectivity index (χ3v) is 4.04. The van der Waals surface area contributed by atoms with Crippen molar-refractivity contribution in [3.05, 3.63) is 0 Å². The standard InChI is InChI=1S/C9H14O/c10-9-4-6-1-5-2-7(6)8(9)3-5/h5-10H,1-4H2. The fraction of sp³-hybridized carbons (Fsp3) is 1.00. The molecule has 0 amide bonds. The highest BCUT2D eigenvalue weighted by molar-refractivity contribution is 5.03. The third-order valence-electron chi connectivity index (χ3n) is 4.04.